The maximum absolute atomic E-state index is 5.58. The summed E-state index contributed by atoms with van der Waals surface area (Å²) in [7, 11) is 1.85. The minimum Gasteiger partial charge on any atom is -0.377 e. The minimum atomic E-state index is 0.188. The highest BCUT2D eigenvalue weighted by Gasteiger charge is 2.36. The number of hydrogen-bond acceptors (Lipinski definition) is 3. The monoisotopic (exact) mass is 226 g/mol. The first kappa shape index (κ1) is 12.3. The molecule has 16 heavy (non-hydrogen) atoms. The molecule has 0 aromatic heterocycles. The van der Waals surface area contributed by atoms with Crippen LogP contribution in [0.25, 0.3) is 0 Å². The Bertz CT molecular complexity index is 193. The van der Waals surface area contributed by atoms with Crippen LogP contribution in [0.1, 0.15) is 38.5 Å². The molecule has 0 unspecified atom stereocenters. The van der Waals surface area contributed by atoms with Gasteiger partial charge in [0.1, 0.15) is 0 Å². The number of ether oxygens (including phenoxy) is 1. The maximum Gasteiger partial charge on any atom is 0.0802 e. The summed E-state index contributed by atoms with van der Waals surface area (Å²) in [5, 5.41) is 3.55. The molecule has 0 radical (unpaired) electrons. The van der Waals surface area contributed by atoms with E-state index in [1.807, 2.05) is 7.11 Å². The fraction of sp³-hybridized carbons (Fsp3) is 1.00. The van der Waals surface area contributed by atoms with Gasteiger partial charge in [-0.15, -0.1) is 0 Å². The Hall–Kier alpha value is -0.120. The molecular weight excluding hydrogens is 200 g/mol. The highest BCUT2D eigenvalue weighted by molar-refractivity contribution is 4.91. The second-order valence-corrected chi connectivity index (χ2v) is 5.32. The minimum absolute atomic E-state index is 0.188. The van der Waals surface area contributed by atoms with Crippen molar-refractivity contribution in [3.63, 3.8) is 0 Å². The summed E-state index contributed by atoms with van der Waals surface area (Å²) in [5.74, 6) is 0. The van der Waals surface area contributed by atoms with Gasteiger partial charge >= 0.3 is 0 Å². The zero-order valence-corrected chi connectivity index (χ0v) is 10.6. The van der Waals surface area contributed by atoms with Crippen LogP contribution in [0.15, 0.2) is 0 Å². The number of nitrogens with one attached hydrogen (secondary N) is 1. The van der Waals surface area contributed by atoms with Crippen molar-refractivity contribution in [2.75, 3.05) is 39.8 Å². The van der Waals surface area contributed by atoms with Crippen LogP contribution in [-0.2, 0) is 4.74 Å². The smallest absolute Gasteiger partial charge is 0.0802 e. The Morgan fingerprint density at radius 1 is 1.19 bits per heavy atom. The predicted molar refractivity (Wildman–Crippen MR) is 66.8 cm³/mol. The van der Waals surface area contributed by atoms with Crippen molar-refractivity contribution in [1.29, 1.82) is 0 Å². The van der Waals surface area contributed by atoms with Gasteiger partial charge in [0.25, 0.3) is 0 Å². The largest absolute Gasteiger partial charge is 0.377 e. The lowest BCUT2D eigenvalue weighted by atomic mass is 9.80. The first-order valence-corrected chi connectivity index (χ1v) is 6.83. The van der Waals surface area contributed by atoms with Gasteiger partial charge in [-0.05, 0) is 64.7 Å². The second kappa shape index (κ2) is 5.99. The van der Waals surface area contributed by atoms with Gasteiger partial charge in [0.2, 0.25) is 0 Å². The van der Waals surface area contributed by atoms with Crippen LogP contribution in [0.5, 0.6) is 0 Å². The van der Waals surface area contributed by atoms with E-state index in [1.54, 1.807) is 0 Å². The molecule has 0 spiro atoms. The van der Waals surface area contributed by atoms with E-state index in [0.29, 0.717) is 0 Å². The van der Waals surface area contributed by atoms with Gasteiger partial charge in [0.15, 0.2) is 0 Å². The van der Waals surface area contributed by atoms with E-state index < -0.39 is 0 Å². The molecule has 0 aromatic rings. The molecule has 1 N–H and O–H groups in total. The summed E-state index contributed by atoms with van der Waals surface area (Å²) >= 11 is 0. The Balaban J connectivity index is 1.48. The average Bonchev–Trinajstić information content (AvgIpc) is 2.74. The van der Waals surface area contributed by atoms with E-state index in [0.717, 1.165) is 13.1 Å². The molecule has 3 heteroatoms. The molecule has 2 rings (SSSR count). The molecule has 0 atom stereocenters. The average molecular weight is 226 g/mol. The van der Waals surface area contributed by atoms with Gasteiger partial charge in [0.05, 0.1) is 5.60 Å². The van der Waals surface area contributed by atoms with E-state index in [9.17, 15) is 0 Å². The van der Waals surface area contributed by atoms with Crippen molar-refractivity contribution in [2.24, 2.45) is 0 Å². The number of methoxy groups -OCH3 is 1. The quantitative estimate of drug-likeness (QED) is 0.668. The molecule has 94 valence electrons. The Labute approximate surface area is 99.5 Å². The Morgan fingerprint density at radius 2 is 1.94 bits per heavy atom. The number of likely N-dealkylation sites (tertiary alicyclic amines) is 1. The lowest BCUT2D eigenvalue weighted by Crippen LogP contribution is -2.48. The molecular formula is C13H26N2O. The fourth-order valence-electron chi connectivity index (χ4n) is 2.77. The van der Waals surface area contributed by atoms with E-state index in [-0.39, 0.29) is 5.60 Å². The zero-order valence-electron chi connectivity index (χ0n) is 10.6. The molecule has 2 aliphatic rings. The second-order valence-electron chi connectivity index (χ2n) is 5.32. The highest BCUT2D eigenvalue weighted by Crippen LogP contribution is 2.34. The third-order valence-electron chi connectivity index (χ3n) is 4.17. The van der Waals surface area contributed by atoms with Crippen LogP contribution in [-0.4, -0.2) is 50.3 Å². The summed E-state index contributed by atoms with van der Waals surface area (Å²) in [6.07, 6.45) is 7.90. The van der Waals surface area contributed by atoms with Gasteiger partial charge in [-0.3, -0.25) is 0 Å². The van der Waals surface area contributed by atoms with E-state index >= 15 is 0 Å². The van der Waals surface area contributed by atoms with Gasteiger partial charge < -0.3 is 15.0 Å². The van der Waals surface area contributed by atoms with Crippen molar-refractivity contribution in [3.05, 3.63) is 0 Å². The number of nitrogens with zero attached hydrogens (tertiary/aromatic N) is 1. The summed E-state index contributed by atoms with van der Waals surface area (Å²) in [6, 6.07) is 0. The molecule has 1 heterocycles. The Morgan fingerprint density at radius 3 is 2.50 bits per heavy atom. The van der Waals surface area contributed by atoms with Crippen LogP contribution in [0.2, 0.25) is 0 Å². The van der Waals surface area contributed by atoms with Gasteiger partial charge in [0, 0.05) is 13.7 Å². The third kappa shape index (κ3) is 3.19. The van der Waals surface area contributed by atoms with Crippen LogP contribution >= 0.6 is 0 Å². The predicted octanol–water partition coefficient (Wildman–Crippen LogP) is 1.63. The third-order valence-corrected chi connectivity index (χ3v) is 4.17. The van der Waals surface area contributed by atoms with Crippen LogP contribution in [0.4, 0.5) is 0 Å². The van der Waals surface area contributed by atoms with Crippen molar-refractivity contribution in [2.45, 2.75) is 44.1 Å². The van der Waals surface area contributed by atoms with E-state index in [2.05, 4.69) is 10.2 Å². The van der Waals surface area contributed by atoms with Crippen molar-refractivity contribution < 1.29 is 4.74 Å². The van der Waals surface area contributed by atoms with Crippen molar-refractivity contribution in [3.8, 4) is 0 Å². The van der Waals surface area contributed by atoms with E-state index in [4.69, 9.17) is 4.74 Å². The molecule has 0 amide bonds. The Kier molecular flexibility index (Phi) is 4.62. The highest BCUT2D eigenvalue weighted by atomic mass is 16.5. The first-order valence-electron chi connectivity index (χ1n) is 6.83. The number of rotatable bonds is 7. The molecule has 1 aliphatic carbocycles. The fourth-order valence-corrected chi connectivity index (χ4v) is 2.77. The SMILES string of the molecule is COC1(CNCCCN2CCCC2)CCC1. The molecule has 1 aliphatic heterocycles. The van der Waals surface area contributed by atoms with Gasteiger partial charge in [-0.25, -0.2) is 0 Å². The standard InChI is InChI=1S/C13H26N2O/c1-16-13(6-4-7-13)12-14-8-5-11-15-9-2-3-10-15/h14H,2-12H2,1H3. The van der Waals surface area contributed by atoms with Crippen LogP contribution in [0.3, 0.4) is 0 Å². The lowest BCUT2D eigenvalue weighted by molar-refractivity contribution is -0.0692. The summed E-state index contributed by atoms with van der Waals surface area (Å²) in [5.41, 5.74) is 0.188. The molecule has 1 saturated carbocycles. The van der Waals surface area contributed by atoms with Crippen molar-refractivity contribution in [1.82, 2.24) is 10.2 Å². The van der Waals surface area contributed by atoms with Gasteiger partial charge in [-0.1, -0.05) is 0 Å². The van der Waals surface area contributed by atoms with Crippen LogP contribution in [0, 0.1) is 0 Å². The summed E-state index contributed by atoms with van der Waals surface area (Å²) in [6.45, 7) is 6.10. The molecule has 2 fully saturated rings. The zero-order chi connectivity index (χ0) is 11.3. The molecule has 0 bridgehead atoms. The summed E-state index contributed by atoms with van der Waals surface area (Å²) in [4.78, 5) is 2.58. The maximum atomic E-state index is 5.58. The molecule has 3 nitrogen and oxygen atoms in total. The summed E-state index contributed by atoms with van der Waals surface area (Å²) < 4.78 is 5.58. The topological polar surface area (TPSA) is 24.5 Å². The van der Waals surface area contributed by atoms with Crippen LogP contribution < -0.4 is 5.32 Å². The van der Waals surface area contributed by atoms with E-state index in [1.165, 1.54) is 58.2 Å². The van der Waals surface area contributed by atoms with Gasteiger partial charge in [-0.2, -0.15) is 0 Å². The van der Waals surface area contributed by atoms with Crippen molar-refractivity contribution >= 4 is 0 Å². The normalized spacial score (nSPS) is 24.6. The first-order chi connectivity index (χ1) is 7.85. The molecule has 1 saturated heterocycles. The molecule has 0 aromatic carbocycles. The lowest BCUT2D eigenvalue weighted by Gasteiger charge is -2.40. The number of hydrogen-bond donors (Lipinski definition) is 1.